The van der Waals surface area contributed by atoms with E-state index in [-0.39, 0.29) is 10.9 Å². The molecule has 6 heteroatoms. The summed E-state index contributed by atoms with van der Waals surface area (Å²) < 4.78 is 13.3. The van der Waals surface area contributed by atoms with Crippen LogP contribution >= 0.6 is 11.6 Å². The minimum absolute atomic E-state index is 0.102. The maximum absolute atomic E-state index is 13.3. The van der Waals surface area contributed by atoms with Gasteiger partial charge >= 0.3 is 0 Å². The average Bonchev–Trinajstić information content (AvgIpc) is 3.33. The number of nitrogens with zero attached hydrogens (tertiary/aromatic N) is 1. The second-order valence-corrected chi connectivity index (χ2v) is 5.62. The molecular weight excluding hydrogens is 305 g/mol. The van der Waals surface area contributed by atoms with Crippen molar-refractivity contribution in [3.63, 3.8) is 0 Å². The van der Waals surface area contributed by atoms with E-state index in [1.54, 1.807) is 24.3 Å². The summed E-state index contributed by atoms with van der Waals surface area (Å²) in [5.41, 5.74) is 1.18. The van der Waals surface area contributed by atoms with Crippen LogP contribution in [-0.4, -0.2) is 16.9 Å². The number of benzene rings is 1. The molecule has 0 saturated heterocycles. The summed E-state index contributed by atoms with van der Waals surface area (Å²) in [6.07, 6.45) is 3.62. The molecule has 1 aromatic carbocycles. The van der Waals surface area contributed by atoms with Crippen LogP contribution in [0.15, 0.2) is 36.5 Å². The number of pyridine rings is 1. The molecule has 1 saturated carbocycles. The fourth-order valence-electron chi connectivity index (χ4n) is 2.00. The fraction of sp³-hybridized carbons (Fsp3) is 0.250. The molecule has 1 aliphatic rings. The second-order valence-electron chi connectivity index (χ2n) is 5.25. The van der Waals surface area contributed by atoms with Crippen LogP contribution in [0.4, 0.5) is 10.2 Å². The number of nitrogens with one attached hydrogen (secondary N) is 2. The lowest BCUT2D eigenvalue weighted by atomic mass is 10.2. The first-order valence-electron chi connectivity index (χ1n) is 7.07. The summed E-state index contributed by atoms with van der Waals surface area (Å²) in [5, 5.41) is 6.06. The van der Waals surface area contributed by atoms with Gasteiger partial charge in [0, 0.05) is 18.8 Å². The summed E-state index contributed by atoms with van der Waals surface area (Å²) in [6.45, 7) is 0.358. The van der Waals surface area contributed by atoms with Crippen molar-refractivity contribution in [3.05, 3.63) is 58.5 Å². The Labute approximate surface area is 132 Å². The summed E-state index contributed by atoms with van der Waals surface area (Å²) in [5.74, 6) is 0.0547. The topological polar surface area (TPSA) is 54.0 Å². The van der Waals surface area contributed by atoms with E-state index >= 15 is 0 Å². The van der Waals surface area contributed by atoms with Gasteiger partial charge < -0.3 is 10.6 Å². The zero-order valence-electron chi connectivity index (χ0n) is 11.8. The molecule has 0 atom stereocenters. The van der Waals surface area contributed by atoms with Crippen LogP contribution in [0.3, 0.4) is 0 Å². The highest BCUT2D eigenvalue weighted by Crippen LogP contribution is 2.21. The molecule has 22 heavy (non-hydrogen) atoms. The molecule has 0 bridgehead atoms. The van der Waals surface area contributed by atoms with E-state index in [2.05, 4.69) is 15.6 Å². The zero-order valence-corrected chi connectivity index (χ0v) is 12.5. The number of anilines is 1. The Balaban J connectivity index is 1.61. The maximum Gasteiger partial charge on any atom is 0.253 e. The van der Waals surface area contributed by atoms with Gasteiger partial charge in [-0.25, -0.2) is 9.37 Å². The monoisotopic (exact) mass is 319 g/mol. The number of rotatable bonds is 5. The predicted octanol–water partition coefficient (Wildman–Crippen LogP) is 3.38. The average molecular weight is 320 g/mol. The van der Waals surface area contributed by atoms with Gasteiger partial charge in [0.1, 0.15) is 11.6 Å². The van der Waals surface area contributed by atoms with E-state index in [0.29, 0.717) is 29.5 Å². The first-order chi connectivity index (χ1) is 10.6. The van der Waals surface area contributed by atoms with Crippen LogP contribution in [0.2, 0.25) is 5.02 Å². The normalized spacial score (nSPS) is 13.7. The number of halogens is 2. The molecule has 1 fully saturated rings. The van der Waals surface area contributed by atoms with Gasteiger partial charge in [-0.1, -0.05) is 23.7 Å². The van der Waals surface area contributed by atoms with Gasteiger partial charge in [-0.15, -0.1) is 0 Å². The van der Waals surface area contributed by atoms with Crippen molar-refractivity contribution in [1.29, 1.82) is 0 Å². The Morgan fingerprint density at radius 2 is 2.14 bits per heavy atom. The summed E-state index contributed by atoms with van der Waals surface area (Å²) in [7, 11) is 0. The highest BCUT2D eigenvalue weighted by atomic mass is 35.5. The fourth-order valence-corrected chi connectivity index (χ4v) is 2.19. The van der Waals surface area contributed by atoms with Crippen molar-refractivity contribution in [2.24, 2.45) is 0 Å². The maximum atomic E-state index is 13.3. The van der Waals surface area contributed by atoms with Gasteiger partial charge in [0.25, 0.3) is 5.91 Å². The summed E-state index contributed by atoms with van der Waals surface area (Å²) >= 11 is 5.89. The van der Waals surface area contributed by atoms with Gasteiger partial charge in [-0.2, -0.15) is 0 Å². The van der Waals surface area contributed by atoms with E-state index < -0.39 is 5.82 Å². The molecule has 1 amide bonds. The third-order valence-corrected chi connectivity index (χ3v) is 3.85. The van der Waals surface area contributed by atoms with Gasteiger partial charge in [-0.3, -0.25) is 4.79 Å². The van der Waals surface area contributed by atoms with E-state index in [1.165, 1.54) is 12.3 Å². The third kappa shape index (κ3) is 3.54. The van der Waals surface area contributed by atoms with Crippen molar-refractivity contribution in [2.75, 3.05) is 5.32 Å². The number of aromatic nitrogens is 1. The van der Waals surface area contributed by atoms with E-state index in [1.807, 2.05) is 0 Å². The lowest BCUT2D eigenvalue weighted by Crippen LogP contribution is -2.25. The SMILES string of the molecule is O=C(NC1CC1)c1ccc(NCc2cccc(F)c2Cl)nc1. The van der Waals surface area contributed by atoms with Crippen molar-refractivity contribution in [2.45, 2.75) is 25.4 Å². The van der Waals surface area contributed by atoms with Crippen LogP contribution in [0, 0.1) is 5.82 Å². The summed E-state index contributed by atoms with van der Waals surface area (Å²) in [6, 6.07) is 8.42. The Morgan fingerprint density at radius 3 is 2.82 bits per heavy atom. The molecule has 0 spiro atoms. The lowest BCUT2D eigenvalue weighted by Gasteiger charge is -2.08. The van der Waals surface area contributed by atoms with Crippen molar-refractivity contribution >= 4 is 23.3 Å². The Kier molecular flexibility index (Phi) is 4.24. The van der Waals surface area contributed by atoms with Crippen LogP contribution in [0.25, 0.3) is 0 Å². The summed E-state index contributed by atoms with van der Waals surface area (Å²) in [4.78, 5) is 16.0. The molecule has 2 N–H and O–H groups in total. The number of carbonyl (C=O) groups is 1. The molecular formula is C16H15ClFN3O. The van der Waals surface area contributed by atoms with Crippen LogP contribution < -0.4 is 10.6 Å². The molecule has 114 valence electrons. The first-order valence-corrected chi connectivity index (χ1v) is 7.45. The standard InChI is InChI=1S/C16H15ClFN3O/c17-15-10(2-1-3-13(15)18)8-19-14-7-4-11(9-20-14)16(22)21-12-5-6-12/h1-4,7,9,12H,5-6,8H2,(H,19,20)(H,21,22). The van der Waals surface area contributed by atoms with Gasteiger partial charge in [0.2, 0.25) is 0 Å². The molecule has 1 aliphatic carbocycles. The minimum Gasteiger partial charge on any atom is -0.366 e. The number of amides is 1. The molecule has 2 aromatic rings. The first kappa shape index (κ1) is 14.8. The van der Waals surface area contributed by atoms with Gasteiger partial charge in [0.05, 0.1) is 10.6 Å². The molecule has 3 rings (SSSR count). The Hall–Kier alpha value is -2.14. The van der Waals surface area contributed by atoms with Crippen molar-refractivity contribution in [1.82, 2.24) is 10.3 Å². The second kappa shape index (κ2) is 6.32. The van der Waals surface area contributed by atoms with E-state index in [9.17, 15) is 9.18 Å². The molecule has 0 unspecified atom stereocenters. The minimum atomic E-state index is -0.443. The Bertz CT molecular complexity index is 686. The van der Waals surface area contributed by atoms with Crippen molar-refractivity contribution < 1.29 is 9.18 Å². The largest absolute Gasteiger partial charge is 0.366 e. The highest BCUT2D eigenvalue weighted by molar-refractivity contribution is 6.31. The molecule has 1 aromatic heterocycles. The lowest BCUT2D eigenvalue weighted by molar-refractivity contribution is 0.0951. The number of hydrogen-bond acceptors (Lipinski definition) is 3. The van der Waals surface area contributed by atoms with Crippen molar-refractivity contribution in [3.8, 4) is 0 Å². The quantitative estimate of drug-likeness (QED) is 0.888. The molecule has 4 nitrogen and oxygen atoms in total. The molecule has 0 aliphatic heterocycles. The van der Waals surface area contributed by atoms with Gasteiger partial charge in [-0.05, 0) is 36.6 Å². The smallest absolute Gasteiger partial charge is 0.253 e. The van der Waals surface area contributed by atoms with Crippen LogP contribution in [-0.2, 0) is 6.54 Å². The predicted molar refractivity (Wildman–Crippen MR) is 83.5 cm³/mol. The highest BCUT2D eigenvalue weighted by Gasteiger charge is 2.23. The third-order valence-electron chi connectivity index (χ3n) is 3.43. The van der Waals surface area contributed by atoms with E-state index in [4.69, 9.17) is 11.6 Å². The van der Waals surface area contributed by atoms with Gasteiger partial charge in [0.15, 0.2) is 0 Å². The molecule has 0 radical (unpaired) electrons. The zero-order chi connectivity index (χ0) is 15.5. The molecule has 1 heterocycles. The Morgan fingerprint density at radius 1 is 1.32 bits per heavy atom. The van der Waals surface area contributed by atoms with E-state index in [0.717, 1.165) is 12.8 Å². The van der Waals surface area contributed by atoms with Crippen LogP contribution in [0.5, 0.6) is 0 Å². The van der Waals surface area contributed by atoms with Crippen LogP contribution in [0.1, 0.15) is 28.8 Å². The number of hydrogen-bond donors (Lipinski definition) is 2. The number of carbonyl (C=O) groups excluding carboxylic acids is 1.